The van der Waals surface area contributed by atoms with Crippen LogP contribution in [-0.4, -0.2) is 25.0 Å². The van der Waals surface area contributed by atoms with Gasteiger partial charge in [0, 0.05) is 19.0 Å². The number of nitrogens with one attached hydrogen (secondary N) is 2. The lowest BCUT2D eigenvalue weighted by atomic mass is 9.93. The Morgan fingerprint density at radius 3 is 3.00 bits per heavy atom. The van der Waals surface area contributed by atoms with Gasteiger partial charge < -0.3 is 10.6 Å². The van der Waals surface area contributed by atoms with E-state index in [1.54, 1.807) is 0 Å². The third-order valence-electron chi connectivity index (χ3n) is 2.64. The van der Waals surface area contributed by atoms with Gasteiger partial charge in [-0.1, -0.05) is 6.92 Å². The summed E-state index contributed by atoms with van der Waals surface area (Å²) in [5, 5.41) is 6.36. The Kier molecular flexibility index (Phi) is 4.22. The highest BCUT2D eigenvalue weighted by atomic mass is 16.1. The van der Waals surface area contributed by atoms with E-state index in [9.17, 15) is 4.79 Å². The number of rotatable bonds is 3. The number of hydrogen-bond acceptors (Lipinski definition) is 2. The van der Waals surface area contributed by atoms with Crippen LogP contribution in [0.4, 0.5) is 0 Å². The van der Waals surface area contributed by atoms with Gasteiger partial charge in [-0.2, -0.15) is 0 Å². The number of piperidine rings is 1. The minimum Gasteiger partial charge on any atom is -0.356 e. The molecule has 1 saturated heterocycles. The molecule has 3 nitrogen and oxygen atoms in total. The molecule has 0 aromatic heterocycles. The second-order valence-electron chi connectivity index (χ2n) is 3.90. The van der Waals surface area contributed by atoms with E-state index >= 15 is 0 Å². The topological polar surface area (TPSA) is 41.1 Å². The highest BCUT2D eigenvalue weighted by molar-refractivity contribution is 5.75. The molecule has 0 saturated carbocycles. The summed E-state index contributed by atoms with van der Waals surface area (Å²) in [6, 6.07) is 0.609. The molecule has 1 amide bonds. The van der Waals surface area contributed by atoms with Crippen molar-refractivity contribution in [2.45, 2.75) is 39.2 Å². The molecule has 1 rings (SSSR count). The molecular weight excluding hydrogens is 164 g/mol. The number of carbonyl (C=O) groups is 1. The van der Waals surface area contributed by atoms with Crippen LogP contribution in [0.2, 0.25) is 0 Å². The predicted molar refractivity (Wildman–Crippen MR) is 53.5 cm³/mol. The highest BCUT2D eigenvalue weighted by Crippen LogP contribution is 2.14. The molecule has 2 unspecified atom stereocenters. The van der Waals surface area contributed by atoms with Crippen molar-refractivity contribution in [3.05, 3.63) is 0 Å². The molecule has 0 aromatic rings. The van der Waals surface area contributed by atoms with Gasteiger partial charge in [-0.25, -0.2) is 0 Å². The normalized spacial score (nSPS) is 28.5. The molecule has 13 heavy (non-hydrogen) atoms. The molecule has 3 heteroatoms. The van der Waals surface area contributed by atoms with Gasteiger partial charge in [-0.05, 0) is 32.2 Å². The first-order valence-electron chi connectivity index (χ1n) is 5.22. The first-order chi connectivity index (χ1) is 6.22. The summed E-state index contributed by atoms with van der Waals surface area (Å²) in [6.07, 6.45) is 2.97. The molecule has 2 N–H and O–H groups in total. The Bertz CT molecular complexity index is 170. The smallest absolute Gasteiger partial charge is 0.219 e. The minimum atomic E-state index is 0.172. The Morgan fingerprint density at radius 2 is 2.38 bits per heavy atom. The van der Waals surface area contributed by atoms with Crippen LogP contribution in [0.25, 0.3) is 0 Å². The Labute approximate surface area is 80.3 Å². The van der Waals surface area contributed by atoms with Crippen LogP contribution < -0.4 is 10.6 Å². The third-order valence-corrected chi connectivity index (χ3v) is 2.64. The second kappa shape index (κ2) is 5.22. The van der Waals surface area contributed by atoms with E-state index in [1.807, 2.05) is 6.92 Å². The van der Waals surface area contributed by atoms with Crippen LogP contribution in [0.15, 0.2) is 0 Å². The zero-order valence-corrected chi connectivity index (χ0v) is 8.60. The molecule has 2 atom stereocenters. The first-order valence-corrected chi connectivity index (χ1v) is 5.22. The summed E-state index contributed by atoms with van der Waals surface area (Å²) in [4.78, 5) is 11.0. The summed E-state index contributed by atoms with van der Waals surface area (Å²) in [6.45, 7) is 6.04. The highest BCUT2D eigenvalue weighted by Gasteiger charge is 2.18. The van der Waals surface area contributed by atoms with Crippen molar-refractivity contribution >= 4 is 5.91 Å². The Hall–Kier alpha value is -0.570. The molecule has 1 aliphatic heterocycles. The van der Waals surface area contributed by atoms with E-state index in [0.29, 0.717) is 18.4 Å². The lowest BCUT2D eigenvalue weighted by Gasteiger charge is -2.27. The maximum Gasteiger partial charge on any atom is 0.219 e. The van der Waals surface area contributed by atoms with Gasteiger partial charge in [-0.3, -0.25) is 4.79 Å². The van der Waals surface area contributed by atoms with Crippen molar-refractivity contribution in [1.82, 2.24) is 10.6 Å². The monoisotopic (exact) mass is 184 g/mol. The van der Waals surface area contributed by atoms with Crippen LogP contribution in [0.5, 0.6) is 0 Å². The molecule has 0 aliphatic carbocycles. The average molecular weight is 184 g/mol. The maximum atomic E-state index is 11.0. The van der Waals surface area contributed by atoms with Crippen LogP contribution in [0.1, 0.15) is 33.1 Å². The number of hydrogen-bond donors (Lipinski definition) is 2. The lowest BCUT2D eigenvalue weighted by molar-refractivity contribution is -0.121. The number of carbonyl (C=O) groups excluding carboxylic acids is 1. The minimum absolute atomic E-state index is 0.172. The van der Waals surface area contributed by atoms with Crippen LogP contribution in [-0.2, 0) is 4.79 Å². The molecular formula is C10H20N2O. The van der Waals surface area contributed by atoms with E-state index in [1.165, 1.54) is 12.8 Å². The van der Waals surface area contributed by atoms with Crippen molar-refractivity contribution in [3.8, 4) is 0 Å². The quantitative estimate of drug-likeness (QED) is 0.684. The van der Waals surface area contributed by atoms with Crippen molar-refractivity contribution in [1.29, 1.82) is 0 Å². The van der Waals surface area contributed by atoms with Crippen molar-refractivity contribution < 1.29 is 4.79 Å². The fourth-order valence-corrected chi connectivity index (χ4v) is 1.80. The first kappa shape index (κ1) is 10.5. The zero-order valence-electron chi connectivity index (χ0n) is 8.60. The maximum absolute atomic E-state index is 11.0. The Balaban J connectivity index is 2.17. The van der Waals surface area contributed by atoms with Crippen LogP contribution >= 0.6 is 0 Å². The summed E-state index contributed by atoms with van der Waals surface area (Å²) in [7, 11) is 0. The van der Waals surface area contributed by atoms with Gasteiger partial charge >= 0.3 is 0 Å². The van der Waals surface area contributed by atoms with Crippen molar-refractivity contribution in [3.63, 3.8) is 0 Å². The zero-order chi connectivity index (χ0) is 9.68. The SMILES string of the molecule is CCC(=O)NCC1CCNC(C)C1. The summed E-state index contributed by atoms with van der Waals surface area (Å²) >= 11 is 0. The van der Waals surface area contributed by atoms with Crippen molar-refractivity contribution in [2.24, 2.45) is 5.92 Å². The van der Waals surface area contributed by atoms with Gasteiger partial charge in [0.25, 0.3) is 0 Å². The fraction of sp³-hybridized carbons (Fsp3) is 0.900. The van der Waals surface area contributed by atoms with Gasteiger partial charge in [0.05, 0.1) is 0 Å². The molecule has 0 radical (unpaired) electrons. The van der Waals surface area contributed by atoms with Crippen LogP contribution in [0, 0.1) is 5.92 Å². The van der Waals surface area contributed by atoms with Gasteiger partial charge in [0.1, 0.15) is 0 Å². The largest absolute Gasteiger partial charge is 0.356 e. The van der Waals surface area contributed by atoms with Gasteiger partial charge in [0.2, 0.25) is 5.91 Å². The molecule has 76 valence electrons. The summed E-state index contributed by atoms with van der Waals surface area (Å²) in [5.74, 6) is 0.845. The van der Waals surface area contributed by atoms with E-state index < -0.39 is 0 Å². The third kappa shape index (κ3) is 3.77. The van der Waals surface area contributed by atoms with Gasteiger partial charge in [-0.15, -0.1) is 0 Å². The average Bonchev–Trinajstić information content (AvgIpc) is 2.14. The van der Waals surface area contributed by atoms with Crippen molar-refractivity contribution in [2.75, 3.05) is 13.1 Å². The van der Waals surface area contributed by atoms with E-state index in [2.05, 4.69) is 17.6 Å². The Morgan fingerprint density at radius 1 is 1.62 bits per heavy atom. The predicted octanol–water partition coefficient (Wildman–Crippen LogP) is 0.901. The summed E-state index contributed by atoms with van der Waals surface area (Å²) in [5.41, 5.74) is 0. The molecule has 1 heterocycles. The molecule has 0 spiro atoms. The molecule has 0 bridgehead atoms. The number of amides is 1. The van der Waals surface area contributed by atoms with Gasteiger partial charge in [0.15, 0.2) is 0 Å². The fourth-order valence-electron chi connectivity index (χ4n) is 1.80. The molecule has 0 aromatic carbocycles. The molecule has 1 aliphatic rings. The standard InChI is InChI=1S/C10H20N2O/c1-3-10(13)12-7-9-4-5-11-8(2)6-9/h8-9,11H,3-7H2,1-2H3,(H,12,13). The lowest BCUT2D eigenvalue weighted by Crippen LogP contribution is -2.40. The molecule has 1 fully saturated rings. The second-order valence-corrected chi connectivity index (χ2v) is 3.90. The van der Waals surface area contributed by atoms with E-state index in [4.69, 9.17) is 0 Å². The van der Waals surface area contributed by atoms with Crippen LogP contribution in [0.3, 0.4) is 0 Å². The summed E-state index contributed by atoms with van der Waals surface area (Å²) < 4.78 is 0. The van der Waals surface area contributed by atoms with E-state index in [0.717, 1.165) is 13.1 Å². The van der Waals surface area contributed by atoms with E-state index in [-0.39, 0.29) is 5.91 Å².